The Balaban J connectivity index is 1.69. The highest BCUT2D eigenvalue weighted by atomic mass is 16.6. The number of H-pyrrole nitrogens is 1. The summed E-state index contributed by atoms with van der Waals surface area (Å²) in [5, 5.41) is 14.2. The van der Waals surface area contributed by atoms with Crippen LogP contribution < -0.4 is 5.32 Å². The number of fused-ring (bicyclic) bond motifs is 1. The topological polar surface area (TPSA) is 114 Å². The van der Waals surface area contributed by atoms with Gasteiger partial charge in [0.1, 0.15) is 11.4 Å². The van der Waals surface area contributed by atoms with Gasteiger partial charge in [0.2, 0.25) is 0 Å². The lowest BCUT2D eigenvalue weighted by atomic mass is 10.2. The first-order valence-corrected chi connectivity index (χ1v) is 7.78. The molecule has 0 saturated heterocycles. The maximum Gasteiger partial charge on any atom is 0.355 e. The molecule has 2 N–H and O–H groups in total. The molecule has 0 radical (unpaired) electrons. The number of esters is 1. The second kappa shape index (κ2) is 7.06. The van der Waals surface area contributed by atoms with Crippen LogP contribution >= 0.6 is 0 Å². The number of nitrogens with one attached hydrogen (secondary N) is 2. The molecule has 1 aromatic heterocycles. The van der Waals surface area contributed by atoms with Crippen molar-refractivity contribution in [1.29, 1.82) is 0 Å². The number of aromatic nitrogens is 1. The summed E-state index contributed by atoms with van der Waals surface area (Å²) in [6, 6.07) is 14.7. The Morgan fingerprint density at radius 3 is 2.58 bits per heavy atom. The Labute approximate surface area is 147 Å². The minimum absolute atomic E-state index is 0.0380. The molecule has 1 atom stereocenters. The third kappa shape index (κ3) is 3.54. The molecule has 0 aliphatic carbocycles. The van der Waals surface area contributed by atoms with E-state index < -0.39 is 22.9 Å². The minimum atomic E-state index is -1.13. The van der Waals surface area contributed by atoms with Gasteiger partial charge in [0.05, 0.1) is 4.92 Å². The third-order valence-electron chi connectivity index (χ3n) is 3.76. The van der Waals surface area contributed by atoms with Crippen LogP contribution in [0.2, 0.25) is 0 Å². The van der Waals surface area contributed by atoms with Gasteiger partial charge in [-0.05, 0) is 25.1 Å². The zero-order valence-corrected chi connectivity index (χ0v) is 13.8. The zero-order valence-electron chi connectivity index (χ0n) is 13.8. The highest BCUT2D eigenvalue weighted by Gasteiger charge is 2.22. The number of nitro benzene ring substituents is 1. The molecule has 132 valence electrons. The second-order valence-electron chi connectivity index (χ2n) is 5.58. The normalized spacial score (nSPS) is 11.7. The van der Waals surface area contributed by atoms with E-state index in [0.29, 0.717) is 0 Å². The molecule has 26 heavy (non-hydrogen) atoms. The molecule has 2 aromatic carbocycles. The fourth-order valence-corrected chi connectivity index (χ4v) is 2.43. The van der Waals surface area contributed by atoms with Gasteiger partial charge < -0.3 is 15.0 Å². The number of benzene rings is 2. The second-order valence-corrected chi connectivity index (χ2v) is 5.58. The van der Waals surface area contributed by atoms with E-state index in [4.69, 9.17) is 4.74 Å². The van der Waals surface area contributed by atoms with Crippen LogP contribution in [-0.2, 0) is 9.53 Å². The predicted molar refractivity (Wildman–Crippen MR) is 94.9 cm³/mol. The van der Waals surface area contributed by atoms with Crippen LogP contribution in [0.4, 0.5) is 11.4 Å². The number of rotatable bonds is 5. The van der Waals surface area contributed by atoms with Crippen LogP contribution in [0.3, 0.4) is 0 Å². The van der Waals surface area contributed by atoms with Gasteiger partial charge in [-0.2, -0.15) is 0 Å². The van der Waals surface area contributed by atoms with Crippen molar-refractivity contribution >= 4 is 34.2 Å². The van der Waals surface area contributed by atoms with E-state index in [1.165, 1.54) is 25.1 Å². The first-order valence-electron chi connectivity index (χ1n) is 7.78. The molecule has 8 nitrogen and oxygen atoms in total. The van der Waals surface area contributed by atoms with E-state index in [1.807, 2.05) is 24.3 Å². The van der Waals surface area contributed by atoms with Crippen LogP contribution in [0.5, 0.6) is 0 Å². The van der Waals surface area contributed by atoms with E-state index in [9.17, 15) is 19.7 Å². The number of para-hydroxylation sites is 3. The van der Waals surface area contributed by atoms with Gasteiger partial charge in [-0.1, -0.05) is 30.3 Å². The van der Waals surface area contributed by atoms with Crippen LogP contribution in [-0.4, -0.2) is 27.9 Å². The smallest absolute Gasteiger partial charge is 0.355 e. The third-order valence-corrected chi connectivity index (χ3v) is 3.76. The molecule has 1 amide bonds. The van der Waals surface area contributed by atoms with Gasteiger partial charge in [0.25, 0.3) is 11.6 Å². The zero-order chi connectivity index (χ0) is 18.7. The molecule has 0 unspecified atom stereocenters. The lowest BCUT2D eigenvalue weighted by Crippen LogP contribution is -2.30. The first kappa shape index (κ1) is 17.2. The number of hydrogen-bond acceptors (Lipinski definition) is 5. The molecule has 0 spiro atoms. The largest absolute Gasteiger partial charge is 0.448 e. The van der Waals surface area contributed by atoms with Crippen molar-refractivity contribution in [2.75, 3.05) is 5.32 Å². The standard InChI is InChI=1S/C18H15N3O5/c1-11(17(22)20-14-8-4-5-9-16(14)21(24)25)26-18(23)15-10-12-6-2-3-7-13(12)19-15/h2-11,19H,1H3,(H,20,22)/t11-/m1/s1. The Morgan fingerprint density at radius 2 is 1.85 bits per heavy atom. The summed E-state index contributed by atoms with van der Waals surface area (Å²) >= 11 is 0. The Bertz CT molecular complexity index is 962. The van der Waals surface area contributed by atoms with Crippen molar-refractivity contribution in [2.45, 2.75) is 13.0 Å². The lowest BCUT2D eigenvalue weighted by molar-refractivity contribution is -0.383. The summed E-state index contributed by atoms with van der Waals surface area (Å²) in [6.07, 6.45) is -1.13. The number of anilines is 1. The fraction of sp³-hybridized carbons (Fsp3) is 0.111. The number of nitrogens with zero attached hydrogens (tertiary/aromatic N) is 1. The summed E-state index contributed by atoms with van der Waals surface area (Å²) in [5.41, 5.74) is 0.791. The maximum atomic E-state index is 12.2. The molecular weight excluding hydrogens is 338 g/mol. The van der Waals surface area contributed by atoms with Crippen molar-refractivity contribution in [3.63, 3.8) is 0 Å². The molecule has 0 saturated carbocycles. The average Bonchev–Trinajstić information content (AvgIpc) is 3.06. The average molecular weight is 353 g/mol. The first-order chi connectivity index (χ1) is 12.5. The van der Waals surface area contributed by atoms with Crippen molar-refractivity contribution in [3.8, 4) is 0 Å². The number of ether oxygens (including phenoxy) is 1. The van der Waals surface area contributed by atoms with Gasteiger partial charge in [0.15, 0.2) is 6.10 Å². The van der Waals surface area contributed by atoms with Crippen LogP contribution in [0.25, 0.3) is 10.9 Å². The van der Waals surface area contributed by atoms with Crippen molar-refractivity contribution < 1.29 is 19.2 Å². The summed E-state index contributed by atoms with van der Waals surface area (Å²) in [6.45, 7) is 1.39. The number of carbonyl (C=O) groups is 2. The van der Waals surface area contributed by atoms with E-state index in [2.05, 4.69) is 10.3 Å². The Morgan fingerprint density at radius 1 is 1.15 bits per heavy atom. The van der Waals surface area contributed by atoms with Crippen molar-refractivity contribution in [2.24, 2.45) is 0 Å². The predicted octanol–water partition coefficient (Wildman–Crippen LogP) is 3.26. The number of aromatic amines is 1. The Kier molecular flexibility index (Phi) is 4.66. The number of nitro groups is 1. The molecule has 3 aromatic rings. The quantitative estimate of drug-likeness (QED) is 0.415. The molecule has 0 aliphatic rings. The van der Waals surface area contributed by atoms with E-state index in [0.717, 1.165) is 10.9 Å². The van der Waals surface area contributed by atoms with Gasteiger partial charge in [0, 0.05) is 17.0 Å². The van der Waals surface area contributed by atoms with E-state index >= 15 is 0 Å². The monoisotopic (exact) mass is 353 g/mol. The molecule has 0 fully saturated rings. The SMILES string of the molecule is C[C@@H](OC(=O)c1cc2ccccc2[nH]1)C(=O)Nc1ccccc1[N+](=O)[O-]. The van der Waals surface area contributed by atoms with Gasteiger partial charge >= 0.3 is 5.97 Å². The molecule has 1 heterocycles. The number of carbonyl (C=O) groups excluding carboxylic acids is 2. The van der Waals surface area contributed by atoms with Crippen molar-refractivity contribution in [3.05, 3.63) is 70.4 Å². The van der Waals surface area contributed by atoms with Crippen LogP contribution in [0.15, 0.2) is 54.6 Å². The number of hydrogen-bond donors (Lipinski definition) is 2. The summed E-state index contributed by atoms with van der Waals surface area (Å²) in [5.74, 6) is -1.35. The summed E-state index contributed by atoms with van der Waals surface area (Å²) in [7, 11) is 0. The Hall–Kier alpha value is -3.68. The molecular formula is C18H15N3O5. The summed E-state index contributed by atoms with van der Waals surface area (Å²) in [4.78, 5) is 37.7. The fourth-order valence-electron chi connectivity index (χ4n) is 2.43. The molecule has 0 bridgehead atoms. The molecule has 8 heteroatoms. The minimum Gasteiger partial charge on any atom is -0.448 e. The van der Waals surface area contributed by atoms with Gasteiger partial charge in [-0.25, -0.2) is 4.79 Å². The van der Waals surface area contributed by atoms with Gasteiger partial charge in [-0.3, -0.25) is 14.9 Å². The number of amides is 1. The lowest BCUT2D eigenvalue weighted by Gasteiger charge is -2.13. The van der Waals surface area contributed by atoms with Crippen LogP contribution in [0.1, 0.15) is 17.4 Å². The van der Waals surface area contributed by atoms with E-state index in [-0.39, 0.29) is 17.1 Å². The van der Waals surface area contributed by atoms with Gasteiger partial charge in [-0.15, -0.1) is 0 Å². The summed E-state index contributed by atoms with van der Waals surface area (Å²) < 4.78 is 5.15. The van der Waals surface area contributed by atoms with Crippen molar-refractivity contribution in [1.82, 2.24) is 4.98 Å². The highest BCUT2D eigenvalue weighted by Crippen LogP contribution is 2.23. The van der Waals surface area contributed by atoms with E-state index in [1.54, 1.807) is 12.1 Å². The molecule has 3 rings (SSSR count). The van der Waals surface area contributed by atoms with Crippen LogP contribution in [0, 0.1) is 10.1 Å². The molecule has 0 aliphatic heterocycles. The highest BCUT2D eigenvalue weighted by molar-refractivity contribution is 5.99. The maximum absolute atomic E-state index is 12.2.